The Morgan fingerprint density at radius 2 is 2.11 bits per heavy atom. The van der Waals surface area contributed by atoms with Gasteiger partial charge in [-0.1, -0.05) is 17.8 Å². The second kappa shape index (κ2) is 5.16. The maximum atomic E-state index is 13.5. The van der Waals surface area contributed by atoms with E-state index in [2.05, 4.69) is 4.98 Å². The number of halogens is 2. The third-order valence-corrected chi connectivity index (χ3v) is 4.74. The molecule has 0 bridgehead atoms. The summed E-state index contributed by atoms with van der Waals surface area (Å²) in [5.41, 5.74) is 0.652. The molecule has 0 aliphatic rings. The van der Waals surface area contributed by atoms with E-state index in [0.29, 0.717) is 14.9 Å². The van der Waals surface area contributed by atoms with E-state index >= 15 is 0 Å². The predicted molar refractivity (Wildman–Crippen MR) is 67.3 cm³/mol. The fourth-order valence-corrected chi connectivity index (χ4v) is 3.39. The largest absolute Gasteiger partial charge is 0.292 e. The van der Waals surface area contributed by atoms with Crippen molar-refractivity contribution in [2.45, 2.75) is 23.0 Å². The lowest BCUT2D eigenvalue weighted by Gasteiger charge is -2.01. The Balaban J connectivity index is 2.34. The number of aryl methyl sites for hydroxylation is 1. The molecule has 0 aliphatic heterocycles. The molecule has 0 unspecified atom stereocenters. The lowest BCUT2D eigenvalue weighted by molar-refractivity contribution is 0.101. The van der Waals surface area contributed by atoms with E-state index in [1.54, 1.807) is 6.92 Å². The van der Waals surface area contributed by atoms with E-state index in [4.69, 9.17) is 0 Å². The molecule has 6 heteroatoms. The summed E-state index contributed by atoms with van der Waals surface area (Å²) in [6.07, 6.45) is 0. The first kappa shape index (κ1) is 13.2. The van der Waals surface area contributed by atoms with Crippen molar-refractivity contribution in [1.29, 1.82) is 0 Å². The molecule has 2 rings (SSSR count). The highest BCUT2D eigenvalue weighted by molar-refractivity contribution is 8.01. The van der Waals surface area contributed by atoms with E-state index in [1.165, 1.54) is 30.4 Å². The van der Waals surface area contributed by atoms with Crippen LogP contribution in [0.5, 0.6) is 0 Å². The fraction of sp³-hybridized carbons (Fsp3) is 0.167. The maximum Gasteiger partial charge on any atom is 0.188 e. The van der Waals surface area contributed by atoms with Gasteiger partial charge in [0.1, 0.15) is 0 Å². The van der Waals surface area contributed by atoms with Crippen LogP contribution < -0.4 is 0 Å². The summed E-state index contributed by atoms with van der Waals surface area (Å²) in [6, 6.07) is 4.01. The topological polar surface area (TPSA) is 30.0 Å². The van der Waals surface area contributed by atoms with Crippen molar-refractivity contribution in [1.82, 2.24) is 4.98 Å². The Morgan fingerprint density at radius 3 is 2.72 bits per heavy atom. The number of benzene rings is 1. The van der Waals surface area contributed by atoms with Gasteiger partial charge >= 0.3 is 0 Å². The molecule has 0 spiro atoms. The molecule has 0 radical (unpaired) electrons. The summed E-state index contributed by atoms with van der Waals surface area (Å²) >= 11 is 2.27. The van der Waals surface area contributed by atoms with Gasteiger partial charge in [-0.2, -0.15) is 0 Å². The van der Waals surface area contributed by atoms with Gasteiger partial charge in [0.25, 0.3) is 0 Å². The second-order valence-corrected chi connectivity index (χ2v) is 5.91. The summed E-state index contributed by atoms with van der Waals surface area (Å²) in [7, 11) is 0. The molecule has 0 atom stereocenters. The van der Waals surface area contributed by atoms with Crippen LogP contribution in [0.1, 0.15) is 22.4 Å². The van der Waals surface area contributed by atoms with Crippen LogP contribution in [0.25, 0.3) is 0 Å². The van der Waals surface area contributed by atoms with E-state index in [-0.39, 0.29) is 10.7 Å². The van der Waals surface area contributed by atoms with Crippen molar-refractivity contribution in [2.24, 2.45) is 0 Å². The van der Waals surface area contributed by atoms with Crippen molar-refractivity contribution >= 4 is 28.9 Å². The highest BCUT2D eigenvalue weighted by Gasteiger charge is 2.15. The number of hydrogen-bond acceptors (Lipinski definition) is 4. The fourth-order valence-electron chi connectivity index (χ4n) is 1.29. The standard InChI is InChI=1S/C12H9F2NOS2/c1-6-12(18-11(15-6)7(2)16)17-9-5-3-4-8(13)10(9)14/h3-5H,1-2H3. The molecule has 2 aromatic rings. The van der Waals surface area contributed by atoms with Crippen LogP contribution in [-0.4, -0.2) is 10.8 Å². The predicted octanol–water partition coefficient (Wildman–Crippen LogP) is 4.08. The Labute approximate surface area is 111 Å². The van der Waals surface area contributed by atoms with Gasteiger partial charge in [0, 0.05) is 6.92 Å². The average molecular weight is 285 g/mol. The molecule has 1 aromatic carbocycles. The molecule has 94 valence electrons. The van der Waals surface area contributed by atoms with E-state index in [9.17, 15) is 13.6 Å². The first-order valence-corrected chi connectivity index (χ1v) is 6.72. The van der Waals surface area contributed by atoms with Crippen molar-refractivity contribution in [3.8, 4) is 0 Å². The van der Waals surface area contributed by atoms with Crippen LogP contribution in [0.3, 0.4) is 0 Å². The third-order valence-electron chi connectivity index (χ3n) is 2.17. The first-order valence-electron chi connectivity index (χ1n) is 5.09. The van der Waals surface area contributed by atoms with E-state index < -0.39 is 11.6 Å². The molecule has 0 N–H and O–H groups in total. The van der Waals surface area contributed by atoms with Crippen LogP contribution in [0.15, 0.2) is 27.3 Å². The van der Waals surface area contributed by atoms with Gasteiger partial charge in [0.05, 0.1) is 14.8 Å². The van der Waals surface area contributed by atoms with Gasteiger partial charge in [-0.15, -0.1) is 11.3 Å². The molecular formula is C12H9F2NOS2. The SMILES string of the molecule is CC(=O)c1nc(C)c(Sc2cccc(F)c2F)s1. The zero-order valence-electron chi connectivity index (χ0n) is 9.66. The molecule has 1 heterocycles. The quantitative estimate of drug-likeness (QED) is 0.796. The summed E-state index contributed by atoms with van der Waals surface area (Å²) in [5.74, 6) is -1.89. The van der Waals surface area contributed by atoms with Gasteiger partial charge in [0.15, 0.2) is 22.4 Å². The number of Topliss-reactive ketones (excluding diaryl/α,β-unsaturated/α-hetero) is 1. The molecule has 18 heavy (non-hydrogen) atoms. The number of aromatic nitrogens is 1. The summed E-state index contributed by atoms with van der Waals surface area (Å²) in [5, 5.41) is 0.381. The molecule has 0 saturated carbocycles. The zero-order chi connectivity index (χ0) is 13.3. The second-order valence-electron chi connectivity index (χ2n) is 3.60. The minimum atomic E-state index is -0.881. The van der Waals surface area contributed by atoms with E-state index in [0.717, 1.165) is 17.8 Å². The molecule has 0 amide bonds. The van der Waals surface area contributed by atoms with Crippen LogP contribution in [-0.2, 0) is 0 Å². The number of ketones is 1. The van der Waals surface area contributed by atoms with Crippen molar-refractivity contribution < 1.29 is 13.6 Å². The number of rotatable bonds is 3. The van der Waals surface area contributed by atoms with Gasteiger partial charge in [-0.25, -0.2) is 13.8 Å². The number of carbonyl (C=O) groups is 1. The lowest BCUT2D eigenvalue weighted by Crippen LogP contribution is -1.89. The monoisotopic (exact) mass is 285 g/mol. The third kappa shape index (κ3) is 2.59. The summed E-state index contributed by atoms with van der Waals surface area (Å²) in [4.78, 5) is 15.5. The Bertz CT molecular complexity index is 610. The molecule has 0 aliphatic carbocycles. The number of thiazole rings is 1. The molecule has 1 aromatic heterocycles. The maximum absolute atomic E-state index is 13.5. The van der Waals surface area contributed by atoms with Gasteiger partial charge in [-0.05, 0) is 19.1 Å². The zero-order valence-corrected chi connectivity index (χ0v) is 11.3. The Kier molecular flexibility index (Phi) is 3.77. The Hall–Kier alpha value is -1.27. The highest BCUT2D eigenvalue weighted by Crippen LogP contribution is 2.36. The van der Waals surface area contributed by atoms with Crippen LogP contribution >= 0.6 is 23.1 Å². The molecular weight excluding hydrogens is 276 g/mol. The van der Waals surface area contributed by atoms with Gasteiger partial charge in [-0.3, -0.25) is 4.79 Å². The van der Waals surface area contributed by atoms with E-state index in [1.807, 2.05) is 0 Å². The van der Waals surface area contributed by atoms with Crippen LogP contribution in [0, 0.1) is 18.6 Å². The lowest BCUT2D eigenvalue weighted by atomic mass is 10.3. The summed E-state index contributed by atoms with van der Waals surface area (Å²) in [6.45, 7) is 3.16. The van der Waals surface area contributed by atoms with Gasteiger partial charge < -0.3 is 0 Å². The number of nitrogens with zero attached hydrogens (tertiary/aromatic N) is 1. The average Bonchev–Trinajstić information content (AvgIpc) is 2.67. The molecule has 2 nitrogen and oxygen atoms in total. The summed E-state index contributed by atoms with van der Waals surface area (Å²) < 4.78 is 27.3. The molecule has 0 fully saturated rings. The minimum absolute atomic E-state index is 0.130. The first-order chi connectivity index (χ1) is 8.49. The molecule has 0 saturated heterocycles. The van der Waals surface area contributed by atoms with Crippen molar-refractivity contribution in [3.63, 3.8) is 0 Å². The Morgan fingerprint density at radius 1 is 1.39 bits per heavy atom. The van der Waals surface area contributed by atoms with Crippen LogP contribution in [0.2, 0.25) is 0 Å². The van der Waals surface area contributed by atoms with Crippen LogP contribution in [0.4, 0.5) is 8.78 Å². The normalized spacial score (nSPS) is 10.7. The number of hydrogen-bond donors (Lipinski definition) is 0. The van der Waals surface area contributed by atoms with Gasteiger partial charge in [0.2, 0.25) is 0 Å². The number of carbonyl (C=O) groups excluding carboxylic acids is 1. The highest BCUT2D eigenvalue weighted by atomic mass is 32.2. The minimum Gasteiger partial charge on any atom is -0.292 e. The van der Waals surface area contributed by atoms with Crippen molar-refractivity contribution in [2.75, 3.05) is 0 Å². The smallest absolute Gasteiger partial charge is 0.188 e. The van der Waals surface area contributed by atoms with Crippen molar-refractivity contribution in [3.05, 3.63) is 40.5 Å².